The molecule has 0 amide bonds. The summed E-state index contributed by atoms with van der Waals surface area (Å²) in [7, 11) is 0. The van der Waals surface area contributed by atoms with Crippen LogP contribution in [0.1, 0.15) is 31.4 Å². The fraction of sp³-hybridized carbons (Fsp3) is 0.600. The number of rotatable bonds is 4. The van der Waals surface area contributed by atoms with Crippen LogP contribution in [0, 0.1) is 5.92 Å². The van der Waals surface area contributed by atoms with Gasteiger partial charge in [-0.15, -0.1) is 0 Å². The fourth-order valence-corrected chi connectivity index (χ4v) is 4.28. The van der Waals surface area contributed by atoms with Crippen molar-refractivity contribution in [1.29, 1.82) is 0 Å². The van der Waals surface area contributed by atoms with Crippen molar-refractivity contribution in [1.82, 2.24) is 24.8 Å². The number of nitrogen functional groups attached to an aromatic ring is 1. The maximum Gasteiger partial charge on any atom is 0.226 e. The van der Waals surface area contributed by atoms with Crippen LogP contribution in [0.3, 0.4) is 0 Å². The molecule has 5 heterocycles. The number of hydrogen-bond acceptors (Lipinski definition) is 8. The van der Waals surface area contributed by atoms with Crippen molar-refractivity contribution in [2.75, 3.05) is 50.0 Å². The Morgan fingerprint density at radius 2 is 1.79 bits per heavy atom. The van der Waals surface area contributed by atoms with Crippen molar-refractivity contribution >= 4 is 11.9 Å². The Kier molecular flexibility index (Phi) is 4.60. The third-order valence-corrected chi connectivity index (χ3v) is 6.13. The number of ether oxygens (including phenoxy) is 1. The van der Waals surface area contributed by atoms with Crippen LogP contribution in [0.4, 0.5) is 11.9 Å². The first kappa shape index (κ1) is 17.8. The average molecular weight is 381 g/mol. The van der Waals surface area contributed by atoms with Crippen LogP contribution >= 0.6 is 0 Å². The van der Waals surface area contributed by atoms with Gasteiger partial charge in [0.05, 0.1) is 24.9 Å². The minimum atomic E-state index is 0.280. The van der Waals surface area contributed by atoms with Crippen molar-refractivity contribution in [3.8, 4) is 11.3 Å². The number of aromatic nitrogens is 4. The maximum atomic E-state index is 5.65. The molecule has 0 unspecified atom stereocenters. The lowest BCUT2D eigenvalue weighted by Gasteiger charge is -2.41. The zero-order valence-corrected chi connectivity index (χ0v) is 16.3. The molecule has 8 nitrogen and oxygen atoms in total. The second kappa shape index (κ2) is 7.25. The normalized spacial score (nSPS) is 22.1. The molecule has 28 heavy (non-hydrogen) atoms. The van der Waals surface area contributed by atoms with Gasteiger partial charge in [-0.1, -0.05) is 6.92 Å². The molecule has 3 fully saturated rings. The molecule has 148 valence electrons. The minimum absolute atomic E-state index is 0.280. The van der Waals surface area contributed by atoms with Crippen LogP contribution in [0.5, 0.6) is 0 Å². The van der Waals surface area contributed by atoms with E-state index in [0.29, 0.717) is 17.9 Å². The van der Waals surface area contributed by atoms with E-state index in [2.05, 4.69) is 32.8 Å². The third-order valence-electron chi connectivity index (χ3n) is 6.13. The summed E-state index contributed by atoms with van der Waals surface area (Å²) >= 11 is 0. The zero-order chi connectivity index (χ0) is 19.1. The van der Waals surface area contributed by atoms with Gasteiger partial charge in [0.15, 0.2) is 0 Å². The zero-order valence-electron chi connectivity index (χ0n) is 16.3. The lowest BCUT2D eigenvalue weighted by Crippen LogP contribution is -2.51. The van der Waals surface area contributed by atoms with Crippen molar-refractivity contribution in [2.45, 2.75) is 31.7 Å². The average Bonchev–Trinajstić information content (AvgIpc) is 2.65. The fourth-order valence-electron chi connectivity index (χ4n) is 4.28. The van der Waals surface area contributed by atoms with Crippen molar-refractivity contribution in [2.24, 2.45) is 5.92 Å². The standard InChI is InChI=1S/C20H27N7O/c1-13-9-27(10-13)20-24-17(6-18(25-20)15-7-22-19(21)23-8-15)14-2-4-26(5-3-14)16-11-28-12-16/h6-8,13-14,16H,2-5,9-12H2,1H3,(H2,21,22,23). The van der Waals surface area contributed by atoms with Crippen LogP contribution < -0.4 is 10.6 Å². The third kappa shape index (κ3) is 3.42. The van der Waals surface area contributed by atoms with Crippen molar-refractivity contribution in [3.05, 3.63) is 24.2 Å². The van der Waals surface area contributed by atoms with Gasteiger partial charge in [-0.05, 0) is 37.9 Å². The molecule has 3 aliphatic heterocycles. The second-order valence-corrected chi connectivity index (χ2v) is 8.32. The lowest BCUT2D eigenvalue weighted by molar-refractivity contribution is -0.0713. The molecule has 0 atom stereocenters. The van der Waals surface area contributed by atoms with Gasteiger partial charge in [0.1, 0.15) is 0 Å². The molecular formula is C20H27N7O. The number of hydrogen-bond donors (Lipinski definition) is 1. The summed E-state index contributed by atoms with van der Waals surface area (Å²) in [6, 6.07) is 2.74. The summed E-state index contributed by atoms with van der Waals surface area (Å²) in [5, 5.41) is 0. The Balaban J connectivity index is 1.40. The summed E-state index contributed by atoms with van der Waals surface area (Å²) in [6.45, 7) is 8.28. The van der Waals surface area contributed by atoms with Crippen LogP contribution in [0.15, 0.2) is 18.5 Å². The summed E-state index contributed by atoms with van der Waals surface area (Å²) in [6.07, 6.45) is 5.74. The highest BCUT2D eigenvalue weighted by molar-refractivity contribution is 5.60. The minimum Gasteiger partial charge on any atom is -0.378 e. The summed E-state index contributed by atoms with van der Waals surface area (Å²) < 4.78 is 5.35. The number of likely N-dealkylation sites (tertiary alicyclic amines) is 1. The molecule has 3 aliphatic rings. The number of piperidine rings is 1. The summed E-state index contributed by atoms with van der Waals surface area (Å²) in [5.74, 6) is 2.27. The smallest absolute Gasteiger partial charge is 0.226 e. The first-order chi connectivity index (χ1) is 13.7. The molecule has 2 aromatic rings. The Bertz CT molecular complexity index is 825. The van der Waals surface area contributed by atoms with E-state index in [0.717, 1.165) is 75.1 Å². The van der Waals surface area contributed by atoms with Gasteiger partial charge in [-0.3, -0.25) is 4.90 Å². The Labute approximate surface area is 165 Å². The number of nitrogens with two attached hydrogens (primary N) is 1. The SMILES string of the molecule is CC1CN(c2nc(-c3cnc(N)nc3)cc(C3CCN(C4COC4)CC3)n2)C1. The summed E-state index contributed by atoms with van der Waals surface area (Å²) in [5.41, 5.74) is 8.56. The first-order valence-corrected chi connectivity index (χ1v) is 10.2. The van der Waals surface area contributed by atoms with E-state index in [1.165, 1.54) is 0 Å². The molecule has 0 spiro atoms. The van der Waals surface area contributed by atoms with Gasteiger partial charge in [0, 0.05) is 42.7 Å². The topological polar surface area (TPSA) is 93.3 Å². The van der Waals surface area contributed by atoms with Crippen LogP contribution in [0.2, 0.25) is 0 Å². The number of nitrogens with zero attached hydrogens (tertiary/aromatic N) is 6. The molecular weight excluding hydrogens is 354 g/mol. The van der Waals surface area contributed by atoms with E-state index in [1.54, 1.807) is 12.4 Å². The Hall–Kier alpha value is -2.32. The molecule has 2 aromatic heterocycles. The summed E-state index contributed by atoms with van der Waals surface area (Å²) in [4.78, 5) is 22.9. The first-order valence-electron chi connectivity index (χ1n) is 10.2. The largest absolute Gasteiger partial charge is 0.378 e. The molecule has 8 heteroatoms. The van der Waals surface area contributed by atoms with Gasteiger partial charge >= 0.3 is 0 Å². The Morgan fingerprint density at radius 3 is 2.39 bits per heavy atom. The van der Waals surface area contributed by atoms with E-state index in [9.17, 15) is 0 Å². The van der Waals surface area contributed by atoms with Crippen molar-refractivity contribution in [3.63, 3.8) is 0 Å². The number of anilines is 2. The quantitative estimate of drug-likeness (QED) is 0.853. The van der Waals surface area contributed by atoms with Crippen LogP contribution in [-0.4, -0.2) is 70.3 Å². The van der Waals surface area contributed by atoms with Crippen LogP contribution in [-0.2, 0) is 4.74 Å². The monoisotopic (exact) mass is 381 g/mol. The molecule has 0 aromatic carbocycles. The van der Waals surface area contributed by atoms with Gasteiger partial charge < -0.3 is 15.4 Å². The molecule has 0 aliphatic carbocycles. The lowest BCUT2D eigenvalue weighted by atomic mass is 9.91. The molecule has 0 radical (unpaired) electrons. The van der Waals surface area contributed by atoms with Gasteiger partial charge in [0.25, 0.3) is 0 Å². The predicted molar refractivity (Wildman–Crippen MR) is 107 cm³/mol. The van der Waals surface area contributed by atoms with Gasteiger partial charge in [-0.2, -0.15) is 0 Å². The van der Waals surface area contributed by atoms with E-state index in [-0.39, 0.29) is 5.95 Å². The highest BCUT2D eigenvalue weighted by Crippen LogP contribution is 2.33. The van der Waals surface area contributed by atoms with E-state index in [4.69, 9.17) is 20.4 Å². The molecule has 3 saturated heterocycles. The predicted octanol–water partition coefficient (Wildman–Crippen LogP) is 1.55. The Morgan fingerprint density at radius 1 is 1.07 bits per heavy atom. The van der Waals surface area contributed by atoms with E-state index in [1.807, 2.05) is 0 Å². The molecule has 0 saturated carbocycles. The van der Waals surface area contributed by atoms with E-state index < -0.39 is 0 Å². The maximum absolute atomic E-state index is 5.65. The molecule has 2 N–H and O–H groups in total. The highest BCUT2D eigenvalue weighted by atomic mass is 16.5. The molecule has 5 rings (SSSR count). The highest BCUT2D eigenvalue weighted by Gasteiger charge is 2.32. The molecule has 0 bridgehead atoms. The van der Waals surface area contributed by atoms with Crippen LogP contribution in [0.25, 0.3) is 11.3 Å². The van der Waals surface area contributed by atoms with Gasteiger partial charge in [0.2, 0.25) is 11.9 Å². The second-order valence-electron chi connectivity index (χ2n) is 8.32. The van der Waals surface area contributed by atoms with Gasteiger partial charge in [-0.25, -0.2) is 19.9 Å². The van der Waals surface area contributed by atoms with Crippen molar-refractivity contribution < 1.29 is 4.74 Å². The van der Waals surface area contributed by atoms with E-state index >= 15 is 0 Å².